The lowest BCUT2D eigenvalue weighted by atomic mass is 10.1. The molecule has 1 nitrogen and oxygen atoms in total. The van der Waals surface area contributed by atoms with Crippen LogP contribution in [-0.2, 0) is 0 Å². The van der Waals surface area contributed by atoms with Crippen LogP contribution < -0.4 is 0 Å². The number of nitrogens with zero attached hydrogens (tertiary/aromatic N) is 1. The van der Waals surface area contributed by atoms with E-state index in [1.165, 1.54) is 11.1 Å². The van der Waals surface area contributed by atoms with Crippen LogP contribution in [0.5, 0.6) is 0 Å². The zero-order valence-electron chi connectivity index (χ0n) is 11.0. The van der Waals surface area contributed by atoms with Crippen molar-refractivity contribution in [3.63, 3.8) is 0 Å². The number of allylic oxidation sites excluding steroid dienone is 1. The lowest BCUT2D eigenvalue weighted by molar-refractivity contribution is 0.587. The summed E-state index contributed by atoms with van der Waals surface area (Å²) < 4.78 is 13.6. The minimum atomic E-state index is -0.426. The summed E-state index contributed by atoms with van der Waals surface area (Å²) >= 11 is 1.78. The van der Waals surface area contributed by atoms with Crippen molar-refractivity contribution < 1.29 is 4.39 Å². The van der Waals surface area contributed by atoms with Crippen LogP contribution in [0.4, 0.5) is 4.39 Å². The maximum Gasteiger partial charge on any atom is 0.220 e. The van der Waals surface area contributed by atoms with Crippen molar-refractivity contribution in [3.05, 3.63) is 60.7 Å². The van der Waals surface area contributed by atoms with Gasteiger partial charge in [0, 0.05) is 21.9 Å². The first kappa shape index (κ1) is 13.8. The number of benzene rings is 1. The zero-order valence-corrected chi connectivity index (χ0v) is 11.8. The van der Waals surface area contributed by atoms with E-state index >= 15 is 0 Å². The fourth-order valence-electron chi connectivity index (χ4n) is 1.84. The first-order valence-corrected chi connectivity index (χ1v) is 7.09. The lowest BCUT2D eigenvalue weighted by Crippen LogP contribution is -1.90. The molecule has 0 amide bonds. The van der Waals surface area contributed by atoms with Crippen molar-refractivity contribution in [3.8, 4) is 11.1 Å². The Bertz CT molecular complexity index is 563. The number of hydrogen-bond donors (Lipinski definition) is 0. The van der Waals surface area contributed by atoms with E-state index in [4.69, 9.17) is 0 Å². The fraction of sp³-hybridized carbons (Fsp3) is 0.188. The van der Waals surface area contributed by atoms with Crippen LogP contribution in [0.1, 0.15) is 13.8 Å². The number of pyridine rings is 1. The van der Waals surface area contributed by atoms with Gasteiger partial charge >= 0.3 is 0 Å². The highest BCUT2D eigenvalue weighted by Gasteiger charge is 2.06. The minimum absolute atomic E-state index is 0.426. The smallest absolute Gasteiger partial charge is 0.220 e. The standard InChI is InChI=1S/C16H16FNS/c1-3-5-12(2)19-14-9-7-13(8-10-14)15-6-4-11-18-16(15)17/h3-12H,1-2H3/b5-3+. The molecule has 0 radical (unpaired) electrons. The molecule has 0 saturated carbocycles. The van der Waals surface area contributed by atoms with Gasteiger partial charge in [-0.3, -0.25) is 0 Å². The molecule has 98 valence electrons. The molecule has 0 saturated heterocycles. The monoisotopic (exact) mass is 273 g/mol. The average molecular weight is 273 g/mol. The molecule has 0 aliphatic carbocycles. The molecule has 1 heterocycles. The van der Waals surface area contributed by atoms with E-state index in [9.17, 15) is 4.39 Å². The molecule has 0 bridgehead atoms. The Morgan fingerprint density at radius 2 is 1.95 bits per heavy atom. The van der Waals surface area contributed by atoms with Gasteiger partial charge in [-0.15, -0.1) is 11.8 Å². The summed E-state index contributed by atoms with van der Waals surface area (Å²) in [4.78, 5) is 4.85. The fourth-order valence-corrected chi connectivity index (χ4v) is 2.80. The molecule has 1 atom stereocenters. The van der Waals surface area contributed by atoms with Gasteiger partial charge < -0.3 is 0 Å². The summed E-state index contributed by atoms with van der Waals surface area (Å²) in [7, 11) is 0. The Hall–Kier alpha value is -1.61. The molecular formula is C16H16FNS. The van der Waals surface area contributed by atoms with Crippen LogP contribution in [0.2, 0.25) is 0 Å². The minimum Gasteiger partial charge on any atom is -0.228 e. The molecule has 3 heteroatoms. The third-order valence-electron chi connectivity index (χ3n) is 2.71. The van der Waals surface area contributed by atoms with E-state index < -0.39 is 5.95 Å². The summed E-state index contributed by atoms with van der Waals surface area (Å²) in [5.74, 6) is -0.426. The maximum atomic E-state index is 13.6. The Labute approximate surface area is 117 Å². The van der Waals surface area contributed by atoms with Crippen molar-refractivity contribution >= 4 is 11.8 Å². The summed E-state index contributed by atoms with van der Waals surface area (Å²) in [6.45, 7) is 4.17. The van der Waals surface area contributed by atoms with Gasteiger partial charge in [-0.25, -0.2) is 4.98 Å². The van der Waals surface area contributed by atoms with Crippen LogP contribution in [-0.4, -0.2) is 10.2 Å². The second-order valence-electron chi connectivity index (χ2n) is 4.21. The zero-order chi connectivity index (χ0) is 13.7. The molecule has 0 N–H and O–H groups in total. The van der Waals surface area contributed by atoms with Crippen LogP contribution in [0, 0.1) is 5.95 Å². The predicted molar refractivity (Wildman–Crippen MR) is 79.8 cm³/mol. The van der Waals surface area contributed by atoms with Crippen molar-refractivity contribution in [2.24, 2.45) is 0 Å². The van der Waals surface area contributed by atoms with Crippen molar-refractivity contribution in [2.45, 2.75) is 24.0 Å². The van der Waals surface area contributed by atoms with Gasteiger partial charge in [0.1, 0.15) is 0 Å². The van der Waals surface area contributed by atoms with E-state index in [0.717, 1.165) is 5.56 Å². The van der Waals surface area contributed by atoms with E-state index in [1.54, 1.807) is 23.9 Å². The summed E-state index contributed by atoms with van der Waals surface area (Å²) in [6, 6.07) is 11.4. The maximum absolute atomic E-state index is 13.6. The normalized spacial score (nSPS) is 12.8. The number of rotatable bonds is 4. The third kappa shape index (κ3) is 3.67. The van der Waals surface area contributed by atoms with Crippen molar-refractivity contribution in [1.29, 1.82) is 0 Å². The molecule has 1 unspecified atom stereocenters. The Balaban J connectivity index is 2.17. The van der Waals surface area contributed by atoms with E-state index in [0.29, 0.717) is 10.8 Å². The van der Waals surface area contributed by atoms with Gasteiger partial charge in [0.05, 0.1) is 0 Å². The molecular weight excluding hydrogens is 257 g/mol. The van der Waals surface area contributed by atoms with E-state index in [2.05, 4.69) is 24.1 Å². The van der Waals surface area contributed by atoms with Crippen LogP contribution in [0.15, 0.2) is 59.6 Å². The number of aromatic nitrogens is 1. The molecule has 1 aromatic heterocycles. The first-order valence-electron chi connectivity index (χ1n) is 6.21. The van der Waals surface area contributed by atoms with Gasteiger partial charge in [-0.1, -0.05) is 24.3 Å². The van der Waals surface area contributed by atoms with E-state index in [-0.39, 0.29) is 0 Å². The average Bonchev–Trinajstić information content (AvgIpc) is 2.41. The Morgan fingerprint density at radius 1 is 1.21 bits per heavy atom. The van der Waals surface area contributed by atoms with E-state index in [1.807, 2.05) is 31.2 Å². The van der Waals surface area contributed by atoms with Gasteiger partial charge in [0.2, 0.25) is 5.95 Å². The highest BCUT2D eigenvalue weighted by atomic mass is 32.2. The molecule has 1 aromatic carbocycles. The summed E-state index contributed by atoms with van der Waals surface area (Å²) in [6.07, 6.45) is 5.66. The van der Waals surface area contributed by atoms with Crippen molar-refractivity contribution in [2.75, 3.05) is 0 Å². The Morgan fingerprint density at radius 3 is 2.58 bits per heavy atom. The van der Waals surface area contributed by atoms with Crippen molar-refractivity contribution in [1.82, 2.24) is 4.98 Å². The molecule has 2 rings (SSSR count). The Kier molecular flexibility index (Phi) is 4.74. The van der Waals surface area contributed by atoms with Gasteiger partial charge in [-0.05, 0) is 43.7 Å². The number of hydrogen-bond acceptors (Lipinski definition) is 2. The van der Waals surface area contributed by atoms with Crippen LogP contribution in [0.3, 0.4) is 0 Å². The second kappa shape index (κ2) is 6.53. The first-order chi connectivity index (χ1) is 9.20. The second-order valence-corrected chi connectivity index (χ2v) is 5.67. The molecule has 0 spiro atoms. The quantitative estimate of drug-likeness (QED) is 0.444. The van der Waals surface area contributed by atoms with Crippen LogP contribution in [0.25, 0.3) is 11.1 Å². The predicted octanol–water partition coefficient (Wildman–Crippen LogP) is 4.94. The third-order valence-corrected chi connectivity index (χ3v) is 3.78. The topological polar surface area (TPSA) is 12.9 Å². The molecule has 2 aromatic rings. The lowest BCUT2D eigenvalue weighted by Gasteiger charge is -2.07. The SMILES string of the molecule is C/C=C/C(C)Sc1ccc(-c2cccnc2F)cc1. The molecule has 0 aliphatic heterocycles. The molecule has 19 heavy (non-hydrogen) atoms. The number of thioether (sulfide) groups is 1. The van der Waals surface area contributed by atoms with Gasteiger partial charge in [-0.2, -0.15) is 4.39 Å². The van der Waals surface area contributed by atoms with Gasteiger partial charge in [0.15, 0.2) is 0 Å². The largest absolute Gasteiger partial charge is 0.228 e. The highest BCUT2D eigenvalue weighted by molar-refractivity contribution is 8.00. The molecule has 0 aliphatic rings. The van der Waals surface area contributed by atoms with Gasteiger partial charge in [0.25, 0.3) is 0 Å². The molecule has 0 fully saturated rings. The summed E-state index contributed by atoms with van der Waals surface area (Å²) in [5, 5.41) is 0.436. The summed E-state index contributed by atoms with van der Waals surface area (Å²) in [5.41, 5.74) is 1.40. The number of halogens is 1. The van der Waals surface area contributed by atoms with Crippen LogP contribution >= 0.6 is 11.8 Å². The highest BCUT2D eigenvalue weighted by Crippen LogP contribution is 2.27.